The second-order valence-electron chi connectivity index (χ2n) is 7.11. The van der Waals surface area contributed by atoms with Crippen LogP contribution in [0.15, 0.2) is 83.7 Å². The molecule has 0 saturated heterocycles. The van der Waals surface area contributed by atoms with Crippen LogP contribution in [0.1, 0.15) is 21.5 Å². The normalized spacial score (nSPS) is 11.5. The summed E-state index contributed by atoms with van der Waals surface area (Å²) in [7, 11) is 0. The highest BCUT2D eigenvalue weighted by molar-refractivity contribution is 5.97. The third-order valence-corrected chi connectivity index (χ3v) is 4.95. The number of para-hydroxylation sites is 1. The Morgan fingerprint density at radius 1 is 0.906 bits per heavy atom. The first-order valence-corrected chi connectivity index (χ1v) is 9.59. The molecular weight excluding hydrogens is 424 g/mol. The van der Waals surface area contributed by atoms with Gasteiger partial charge in [-0.2, -0.15) is 13.2 Å². The molecule has 0 aliphatic carbocycles. The number of aromatic nitrogens is 1. The number of pyridine rings is 1. The number of nitrogens with one attached hydrogen (secondary N) is 1. The van der Waals surface area contributed by atoms with Gasteiger partial charge < -0.3 is 5.32 Å². The number of fused-ring (bicyclic) bond motifs is 1. The lowest BCUT2D eigenvalue weighted by molar-refractivity contribution is -0.137. The van der Waals surface area contributed by atoms with Crippen molar-refractivity contribution in [2.75, 3.05) is 0 Å². The number of hydrogen-bond donors (Lipinski definition) is 1. The van der Waals surface area contributed by atoms with Gasteiger partial charge in [0.1, 0.15) is 11.4 Å². The summed E-state index contributed by atoms with van der Waals surface area (Å²) in [6, 6.07) is 17.9. The molecule has 0 atom stereocenters. The zero-order chi connectivity index (χ0) is 22.9. The first-order valence-electron chi connectivity index (χ1n) is 9.59. The quantitative estimate of drug-likeness (QED) is 0.450. The molecule has 4 nitrogen and oxygen atoms in total. The molecule has 0 saturated carbocycles. The highest BCUT2D eigenvalue weighted by atomic mass is 19.4. The average molecular weight is 440 g/mol. The first kappa shape index (κ1) is 21.3. The Labute approximate surface area is 179 Å². The van der Waals surface area contributed by atoms with Gasteiger partial charge in [-0.3, -0.25) is 14.2 Å². The van der Waals surface area contributed by atoms with Crippen molar-refractivity contribution < 1.29 is 22.4 Å². The maximum Gasteiger partial charge on any atom is 0.416 e. The van der Waals surface area contributed by atoms with E-state index in [0.29, 0.717) is 16.5 Å². The standard InChI is InChI=1S/C24H16F4N2O2/c25-18-10-8-15(9-11-18)14-29-22(31)20-12-16-4-1-2-7-21(16)30(23(20)32)19-6-3-5-17(13-19)24(26,27)28/h1-13H,14H2,(H,29,31). The highest BCUT2D eigenvalue weighted by Crippen LogP contribution is 2.30. The molecule has 1 heterocycles. The van der Waals surface area contributed by atoms with Crippen molar-refractivity contribution in [3.8, 4) is 5.69 Å². The molecule has 0 fully saturated rings. The van der Waals surface area contributed by atoms with Gasteiger partial charge in [-0.15, -0.1) is 0 Å². The molecule has 0 aliphatic heterocycles. The molecular formula is C24H16F4N2O2. The Hall–Kier alpha value is -3.94. The van der Waals surface area contributed by atoms with E-state index in [9.17, 15) is 27.2 Å². The fourth-order valence-corrected chi connectivity index (χ4v) is 3.38. The summed E-state index contributed by atoms with van der Waals surface area (Å²) in [6.45, 7) is 0.0505. The lowest BCUT2D eigenvalue weighted by Crippen LogP contribution is -2.32. The minimum atomic E-state index is -4.58. The van der Waals surface area contributed by atoms with Crippen LogP contribution in [-0.2, 0) is 12.7 Å². The van der Waals surface area contributed by atoms with Gasteiger partial charge in [0, 0.05) is 12.2 Å². The maximum atomic E-state index is 13.2. The number of halogens is 4. The van der Waals surface area contributed by atoms with Crippen LogP contribution in [0.2, 0.25) is 0 Å². The number of alkyl halides is 3. The summed E-state index contributed by atoms with van der Waals surface area (Å²) in [5, 5.41) is 3.11. The van der Waals surface area contributed by atoms with E-state index >= 15 is 0 Å². The maximum absolute atomic E-state index is 13.2. The lowest BCUT2D eigenvalue weighted by atomic mass is 10.1. The van der Waals surface area contributed by atoms with Gasteiger partial charge in [0.25, 0.3) is 11.5 Å². The zero-order valence-corrected chi connectivity index (χ0v) is 16.5. The molecule has 0 radical (unpaired) electrons. The first-order chi connectivity index (χ1) is 15.2. The molecule has 0 aliphatic rings. The Bertz CT molecular complexity index is 1360. The summed E-state index contributed by atoms with van der Waals surface area (Å²) in [4.78, 5) is 26.0. The predicted molar refractivity (Wildman–Crippen MR) is 112 cm³/mol. The van der Waals surface area contributed by atoms with E-state index in [1.807, 2.05) is 0 Å². The van der Waals surface area contributed by atoms with Crippen LogP contribution in [0.25, 0.3) is 16.6 Å². The topological polar surface area (TPSA) is 51.1 Å². The van der Waals surface area contributed by atoms with Crippen LogP contribution in [0.4, 0.5) is 17.6 Å². The number of benzene rings is 3. The summed E-state index contributed by atoms with van der Waals surface area (Å²) in [5.74, 6) is -1.11. The Balaban J connectivity index is 1.79. The minimum Gasteiger partial charge on any atom is -0.348 e. The van der Waals surface area contributed by atoms with Gasteiger partial charge >= 0.3 is 6.18 Å². The lowest BCUT2D eigenvalue weighted by Gasteiger charge is -2.15. The number of nitrogens with zero attached hydrogens (tertiary/aromatic N) is 1. The highest BCUT2D eigenvalue weighted by Gasteiger charge is 2.30. The monoisotopic (exact) mass is 440 g/mol. The van der Waals surface area contributed by atoms with Crippen molar-refractivity contribution in [1.82, 2.24) is 9.88 Å². The largest absolute Gasteiger partial charge is 0.416 e. The number of carbonyl (C=O) groups excluding carboxylic acids is 1. The smallest absolute Gasteiger partial charge is 0.348 e. The van der Waals surface area contributed by atoms with Gasteiger partial charge in [0.2, 0.25) is 0 Å². The van der Waals surface area contributed by atoms with Gasteiger partial charge in [-0.1, -0.05) is 36.4 Å². The number of hydrogen-bond acceptors (Lipinski definition) is 2. The third kappa shape index (κ3) is 4.25. The average Bonchev–Trinajstić information content (AvgIpc) is 2.77. The van der Waals surface area contributed by atoms with E-state index in [0.717, 1.165) is 16.7 Å². The van der Waals surface area contributed by atoms with E-state index in [2.05, 4.69) is 5.32 Å². The molecule has 1 amide bonds. The fraction of sp³-hybridized carbons (Fsp3) is 0.0833. The van der Waals surface area contributed by atoms with E-state index in [1.165, 1.54) is 42.5 Å². The van der Waals surface area contributed by atoms with E-state index in [1.54, 1.807) is 24.3 Å². The van der Waals surface area contributed by atoms with E-state index < -0.39 is 29.0 Å². The molecule has 8 heteroatoms. The molecule has 162 valence electrons. The number of carbonyl (C=O) groups is 1. The zero-order valence-electron chi connectivity index (χ0n) is 16.5. The SMILES string of the molecule is O=C(NCc1ccc(F)cc1)c1cc2ccccc2n(-c2cccc(C(F)(F)F)c2)c1=O. The number of amides is 1. The van der Waals surface area contributed by atoms with Crippen molar-refractivity contribution in [2.45, 2.75) is 12.7 Å². The molecule has 0 spiro atoms. The number of rotatable bonds is 4. The Morgan fingerprint density at radius 2 is 1.62 bits per heavy atom. The van der Waals surface area contributed by atoms with Crippen LogP contribution < -0.4 is 10.9 Å². The Morgan fingerprint density at radius 3 is 2.34 bits per heavy atom. The predicted octanol–water partition coefficient (Wildman–Crippen LogP) is 5.08. The minimum absolute atomic E-state index is 0.00536. The van der Waals surface area contributed by atoms with Crippen LogP contribution in [0.5, 0.6) is 0 Å². The van der Waals surface area contributed by atoms with Gasteiger partial charge in [-0.25, -0.2) is 4.39 Å². The Kier molecular flexibility index (Phi) is 5.52. The van der Waals surface area contributed by atoms with Gasteiger partial charge in [0.05, 0.1) is 11.1 Å². The molecule has 32 heavy (non-hydrogen) atoms. The van der Waals surface area contributed by atoms with Crippen LogP contribution in [0, 0.1) is 5.82 Å². The van der Waals surface area contributed by atoms with E-state index in [-0.39, 0.29) is 17.8 Å². The summed E-state index contributed by atoms with van der Waals surface area (Å²) < 4.78 is 53.8. The summed E-state index contributed by atoms with van der Waals surface area (Å²) in [5.41, 5.74) is -0.889. The molecule has 1 aromatic heterocycles. The van der Waals surface area contributed by atoms with Crippen molar-refractivity contribution >= 4 is 16.8 Å². The van der Waals surface area contributed by atoms with Crippen LogP contribution >= 0.6 is 0 Å². The van der Waals surface area contributed by atoms with Crippen molar-refractivity contribution in [3.05, 3.63) is 112 Å². The second kappa shape index (κ2) is 8.30. The second-order valence-corrected chi connectivity index (χ2v) is 7.11. The fourth-order valence-electron chi connectivity index (χ4n) is 3.38. The summed E-state index contributed by atoms with van der Waals surface area (Å²) in [6.07, 6.45) is -4.58. The molecule has 0 unspecified atom stereocenters. The molecule has 1 N–H and O–H groups in total. The molecule has 4 aromatic rings. The third-order valence-electron chi connectivity index (χ3n) is 4.95. The molecule has 3 aromatic carbocycles. The van der Waals surface area contributed by atoms with Crippen molar-refractivity contribution in [2.24, 2.45) is 0 Å². The van der Waals surface area contributed by atoms with Gasteiger partial charge in [-0.05, 0) is 53.4 Å². The summed E-state index contributed by atoms with van der Waals surface area (Å²) >= 11 is 0. The van der Waals surface area contributed by atoms with Crippen molar-refractivity contribution in [3.63, 3.8) is 0 Å². The molecule has 4 rings (SSSR count). The van der Waals surface area contributed by atoms with Crippen LogP contribution in [-0.4, -0.2) is 10.5 Å². The van der Waals surface area contributed by atoms with E-state index in [4.69, 9.17) is 0 Å². The van der Waals surface area contributed by atoms with Crippen LogP contribution in [0.3, 0.4) is 0 Å². The van der Waals surface area contributed by atoms with Gasteiger partial charge in [0.15, 0.2) is 0 Å². The van der Waals surface area contributed by atoms with Crippen molar-refractivity contribution in [1.29, 1.82) is 0 Å². The molecule has 0 bridgehead atoms.